The number of carbonyl (C=O) groups is 1. The Morgan fingerprint density at radius 3 is 2.40 bits per heavy atom. The molecule has 8 heteroatoms. The number of benzene rings is 2. The molecule has 180 valence electrons. The molecule has 0 bridgehead atoms. The van der Waals surface area contributed by atoms with E-state index in [2.05, 4.69) is 10.6 Å². The minimum atomic E-state index is -0.185. The summed E-state index contributed by atoms with van der Waals surface area (Å²) in [6.07, 6.45) is 3.60. The van der Waals surface area contributed by atoms with E-state index in [9.17, 15) is 4.79 Å². The maximum Gasteiger partial charge on any atom is 0.287 e. The number of carbonyl (C=O) groups excluding carboxylic acids is 1. The van der Waals surface area contributed by atoms with Gasteiger partial charge in [0.15, 0.2) is 5.76 Å². The molecule has 7 nitrogen and oxygen atoms in total. The molecule has 2 heterocycles. The maximum atomic E-state index is 12.7. The van der Waals surface area contributed by atoms with Gasteiger partial charge in [0.2, 0.25) is 5.95 Å². The fourth-order valence-corrected chi connectivity index (χ4v) is 4.64. The average molecular weight is 490 g/mol. The van der Waals surface area contributed by atoms with Crippen LogP contribution in [0.15, 0.2) is 65.1 Å². The van der Waals surface area contributed by atoms with Crippen LogP contribution >= 0.6 is 11.6 Å². The highest BCUT2D eigenvalue weighted by Crippen LogP contribution is 2.27. The summed E-state index contributed by atoms with van der Waals surface area (Å²) in [6, 6.07) is 19.3. The van der Waals surface area contributed by atoms with Gasteiger partial charge in [-0.1, -0.05) is 23.7 Å². The van der Waals surface area contributed by atoms with Crippen molar-refractivity contribution in [2.75, 3.05) is 24.3 Å². The molecular formula is C27H28ClN5O2. The molecule has 1 saturated carbocycles. The number of hydrogen-bond acceptors (Lipinski definition) is 6. The van der Waals surface area contributed by atoms with Crippen LogP contribution in [0.3, 0.4) is 0 Å². The van der Waals surface area contributed by atoms with Gasteiger partial charge in [0.1, 0.15) is 11.6 Å². The van der Waals surface area contributed by atoms with E-state index in [-0.39, 0.29) is 18.0 Å². The van der Waals surface area contributed by atoms with Gasteiger partial charge in [-0.15, -0.1) is 0 Å². The van der Waals surface area contributed by atoms with Gasteiger partial charge >= 0.3 is 0 Å². The highest BCUT2D eigenvalue weighted by molar-refractivity contribution is 6.30. The monoisotopic (exact) mass is 489 g/mol. The first-order chi connectivity index (χ1) is 17.0. The van der Waals surface area contributed by atoms with Crippen molar-refractivity contribution < 1.29 is 9.21 Å². The highest BCUT2D eigenvalue weighted by Gasteiger charge is 2.25. The quantitative estimate of drug-likeness (QED) is 0.358. The molecule has 2 aromatic carbocycles. The van der Waals surface area contributed by atoms with Crippen molar-refractivity contribution in [3.63, 3.8) is 0 Å². The number of fused-ring (bicyclic) bond motifs is 1. The summed E-state index contributed by atoms with van der Waals surface area (Å²) in [4.78, 5) is 24.2. The molecule has 0 aliphatic heterocycles. The first-order valence-corrected chi connectivity index (χ1v) is 12.2. The average Bonchev–Trinajstić information content (AvgIpc) is 3.36. The molecule has 1 amide bonds. The van der Waals surface area contributed by atoms with Crippen LogP contribution in [-0.4, -0.2) is 42.1 Å². The number of halogens is 1. The van der Waals surface area contributed by atoms with Crippen LogP contribution in [0.1, 0.15) is 36.2 Å². The Bertz CT molecular complexity index is 1330. The lowest BCUT2D eigenvalue weighted by Crippen LogP contribution is -2.40. The summed E-state index contributed by atoms with van der Waals surface area (Å²) in [7, 11) is 3.98. The first-order valence-electron chi connectivity index (χ1n) is 11.8. The topological polar surface area (TPSA) is 83.3 Å². The summed E-state index contributed by atoms with van der Waals surface area (Å²) in [6.45, 7) is 0. The predicted molar refractivity (Wildman–Crippen MR) is 140 cm³/mol. The molecule has 0 saturated heterocycles. The van der Waals surface area contributed by atoms with E-state index in [1.54, 1.807) is 18.2 Å². The van der Waals surface area contributed by atoms with Crippen LogP contribution in [0, 0.1) is 0 Å². The summed E-state index contributed by atoms with van der Waals surface area (Å²) in [5, 5.41) is 8.33. The van der Waals surface area contributed by atoms with E-state index in [0.717, 1.165) is 48.0 Å². The lowest BCUT2D eigenvalue weighted by atomic mass is 9.91. The largest absolute Gasteiger partial charge is 0.451 e. The number of para-hydroxylation sites is 1. The molecule has 0 radical (unpaired) electrons. The zero-order valence-corrected chi connectivity index (χ0v) is 20.5. The molecule has 2 aromatic heterocycles. The molecular weight excluding hydrogens is 462 g/mol. The second kappa shape index (κ2) is 9.96. The van der Waals surface area contributed by atoms with E-state index in [1.165, 1.54) is 0 Å². The van der Waals surface area contributed by atoms with Crippen LogP contribution in [0.2, 0.25) is 5.02 Å². The number of nitrogens with one attached hydrogen (secondary N) is 2. The van der Waals surface area contributed by atoms with Crippen LogP contribution in [0.4, 0.5) is 11.8 Å². The molecule has 2 N–H and O–H groups in total. The van der Waals surface area contributed by atoms with Gasteiger partial charge in [-0.05, 0) is 74.2 Å². The predicted octanol–water partition coefficient (Wildman–Crippen LogP) is 5.76. The Morgan fingerprint density at radius 2 is 1.66 bits per heavy atom. The number of aromatic nitrogens is 2. The number of rotatable bonds is 6. The number of amides is 1. The molecule has 1 aliphatic rings. The van der Waals surface area contributed by atoms with Crippen LogP contribution in [-0.2, 0) is 0 Å². The molecule has 0 spiro atoms. The molecule has 1 fully saturated rings. The van der Waals surface area contributed by atoms with Gasteiger partial charge in [0, 0.05) is 42.2 Å². The number of nitrogens with zero attached hydrogens (tertiary/aromatic N) is 3. The number of anilines is 2. The minimum Gasteiger partial charge on any atom is -0.451 e. The third kappa shape index (κ3) is 5.25. The third-order valence-corrected chi connectivity index (χ3v) is 6.61. The van der Waals surface area contributed by atoms with Gasteiger partial charge in [0.25, 0.3) is 5.91 Å². The standard InChI is InChI=1S/C27H28ClN5O2/c1-33(2)25-21-5-3-4-6-22(21)31-27(32-25)30-20-13-11-19(12-14-20)29-26(34)24-16-15-23(35-24)17-7-9-18(28)10-8-17/h3-10,15-16,19-20H,11-14H2,1-2H3,(H,29,34)(H,30,31,32)/t19-,20+. The second-order valence-corrected chi connectivity index (χ2v) is 9.56. The van der Waals surface area contributed by atoms with Crippen LogP contribution in [0.5, 0.6) is 0 Å². The molecule has 35 heavy (non-hydrogen) atoms. The summed E-state index contributed by atoms with van der Waals surface area (Å²) >= 11 is 5.95. The van der Waals surface area contributed by atoms with Gasteiger partial charge in [0.05, 0.1) is 5.52 Å². The Labute approximate surface area is 209 Å². The van der Waals surface area contributed by atoms with Gasteiger partial charge < -0.3 is 20.0 Å². The van der Waals surface area contributed by atoms with Crippen molar-refractivity contribution in [3.05, 3.63) is 71.4 Å². The van der Waals surface area contributed by atoms with Crippen LogP contribution < -0.4 is 15.5 Å². The molecule has 0 unspecified atom stereocenters. The van der Waals surface area contributed by atoms with Crippen molar-refractivity contribution >= 4 is 40.2 Å². The Kier molecular flexibility index (Phi) is 6.59. The Balaban J connectivity index is 1.18. The minimum absolute atomic E-state index is 0.111. The fraction of sp³-hybridized carbons (Fsp3) is 0.296. The van der Waals surface area contributed by atoms with Gasteiger partial charge in [-0.2, -0.15) is 4.98 Å². The van der Waals surface area contributed by atoms with E-state index in [4.69, 9.17) is 26.0 Å². The van der Waals surface area contributed by atoms with Crippen molar-refractivity contribution in [1.29, 1.82) is 0 Å². The fourth-order valence-electron chi connectivity index (χ4n) is 4.52. The third-order valence-electron chi connectivity index (χ3n) is 6.36. The maximum absolute atomic E-state index is 12.7. The SMILES string of the molecule is CN(C)c1nc(N[C@H]2CC[C@@H](NC(=O)c3ccc(-c4ccc(Cl)cc4)o3)CC2)nc2ccccc12. The summed E-state index contributed by atoms with van der Waals surface area (Å²) in [5.74, 6) is 2.32. The first kappa shape index (κ1) is 23.2. The number of hydrogen-bond donors (Lipinski definition) is 2. The van der Waals surface area contributed by atoms with Gasteiger partial charge in [-0.25, -0.2) is 4.98 Å². The van der Waals surface area contributed by atoms with Crippen molar-refractivity contribution in [2.45, 2.75) is 37.8 Å². The molecule has 1 aliphatic carbocycles. The van der Waals surface area contributed by atoms with Gasteiger partial charge in [-0.3, -0.25) is 4.79 Å². The lowest BCUT2D eigenvalue weighted by molar-refractivity contribution is 0.0899. The zero-order valence-electron chi connectivity index (χ0n) is 19.8. The van der Waals surface area contributed by atoms with E-state index < -0.39 is 0 Å². The van der Waals surface area contributed by atoms with Crippen molar-refractivity contribution in [3.8, 4) is 11.3 Å². The number of furan rings is 1. The second-order valence-electron chi connectivity index (χ2n) is 9.12. The van der Waals surface area contributed by atoms with E-state index in [0.29, 0.717) is 22.5 Å². The van der Waals surface area contributed by atoms with Crippen LogP contribution in [0.25, 0.3) is 22.2 Å². The molecule has 0 atom stereocenters. The summed E-state index contributed by atoms with van der Waals surface area (Å²) in [5.41, 5.74) is 1.81. The lowest BCUT2D eigenvalue weighted by Gasteiger charge is -2.29. The van der Waals surface area contributed by atoms with E-state index >= 15 is 0 Å². The summed E-state index contributed by atoms with van der Waals surface area (Å²) < 4.78 is 5.79. The van der Waals surface area contributed by atoms with E-state index in [1.807, 2.05) is 61.5 Å². The Morgan fingerprint density at radius 1 is 0.943 bits per heavy atom. The Hall–Kier alpha value is -3.58. The normalized spacial score (nSPS) is 17.8. The molecule has 5 rings (SSSR count). The van der Waals surface area contributed by atoms with Crippen molar-refractivity contribution in [2.24, 2.45) is 0 Å². The smallest absolute Gasteiger partial charge is 0.287 e. The van der Waals surface area contributed by atoms with Crippen molar-refractivity contribution in [1.82, 2.24) is 15.3 Å². The zero-order chi connectivity index (χ0) is 24.4. The highest BCUT2D eigenvalue weighted by atomic mass is 35.5. The molecule has 4 aromatic rings.